The number of para-hydroxylation sites is 1. The predicted octanol–water partition coefficient (Wildman–Crippen LogP) is 4.75. The van der Waals surface area contributed by atoms with Gasteiger partial charge in [-0.05, 0) is 62.9 Å². The van der Waals surface area contributed by atoms with Crippen molar-refractivity contribution in [1.29, 1.82) is 0 Å². The van der Waals surface area contributed by atoms with Gasteiger partial charge in [-0.2, -0.15) is 0 Å². The van der Waals surface area contributed by atoms with E-state index in [2.05, 4.69) is 0 Å². The molecule has 7 heteroatoms. The highest BCUT2D eigenvalue weighted by molar-refractivity contribution is 6.27. The molecule has 1 saturated heterocycles. The lowest BCUT2D eigenvalue weighted by Gasteiger charge is -2.36. The molecule has 0 aromatic heterocycles. The molecule has 0 radical (unpaired) electrons. The van der Waals surface area contributed by atoms with Crippen molar-refractivity contribution in [2.75, 3.05) is 9.80 Å². The van der Waals surface area contributed by atoms with Gasteiger partial charge in [-0.15, -0.1) is 0 Å². The number of imide groups is 2. The molecule has 1 unspecified atom stereocenters. The molecule has 2 aliphatic heterocycles. The van der Waals surface area contributed by atoms with Crippen LogP contribution in [0.2, 0.25) is 0 Å². The minimum atomic E-state index is -1.38. The van der Waals surface area contributed by atoms with Crippen LogP contribution in [0, 0.1) is 18.8 Å². The van der Waals surface area contributed by atoms with Gasteiger partial charge in [-0.25, -0.2) is 9.69 Å². The third-order valence-corrected chi connectivity index (χ3v) is 6.59. The highest BCUT2D eigenvalue weighted by atomic mass is 16.6. The number of ether oxygens (including phenoxy) is 1. The topological polar surface area (TPSA) is 84.0 Å². The fourth-order valence-corrected chi connectivity index (χ4v) is 5.24. The summed E-state index contributed by atoms with van der Waals surface area (Å²) >= 11 is 0. The minimum absolute atomic E-state index is 0.118. The zero-order valence-electron chi connectivity index (χ0n) is 20.4. The van der Waals surface area contributed by atoms with Gasteiger partial charge in [-0.1, -0.05) is 44.2 Å². The molecular formula is C27H30N2O5. The molecule has 1 fully saturated rings. The number of hydrogen-bond donors (Lipinski definition) is 0. The van der Waals surface area contributed by atoms with E-state index in [1.54, 1.807) is 63.2 Å². The largest absolute Gasteiger partial charge is 0.443 e. The van der Waals surface area contributed by atoms with Crippen LogP contribution in [-0.4, -0.2) is 29.4 Å². The number of amides is 4. The number of carbonyl (C=O) groups is 4. The molecular weight excluding hydrogens is 432 g/mol. The van der Waals surface area contributed by atoms with Crippen LogP contribution < -0.4 is 9.80 Å². The number of carbonyl (C=O) groups excluding carboxylic acids is 4. The molecule has 0 aliphatic carbocycles. The maximum Gasteiger partial charge on any atom is 0.421 e. The van der Waals surface area contributed by atoms with Gasteiger partial charge in [-0.3, -0.25) is 19.3 Å². The van der Waals surface area contributed by atoms with Crippen LogP contribution in [0.3, 0.4) is 0 Å². The molecule has 178 valence electrons. The first-order valence-electron chi connectivity index (χ1n) is 11.5. The van der Waals surface area contributed by atoms with Gasteiger partial charge in [0.1, 0.15) is 5.60 Å². The van der Waals surface area contributed by atoms with Crippen molar-refractivity contribution in [1.82, 2.24) is 0 Å². The lowest BCUT2D eigenvalue weighted by atomic mass is 9.63. The van der Waals surface area contributed by atoms with Crippen molar-refractivity contribution >= 4 is 35.2 Å². The monoisotopic (exact) mass is 462 g/mol. The Kier molecular flexibility index (Phi) is 5.62. The summed E-state index contributed by atoms with van der Waals surface area (Å²) in [5.41, 5.74) is 0.176. The van der Waals surface area contributed by atoms with Gasteiger partial charge in [0.25, 0.3) is 0 Å². The first kappa shape index (κ1) is 23.7. The summed E-state index contributed by atoms with van der Waals surface area (Å²) in [6.45, 7) is 10.8. The molecule has 2 aromatic rings. The molecule has 4 amide bonds. The third-order valence-electron chi connectivity index (χ3n) is 6.59. The number of anilines is 2. The molecule has 7 nitrogen and oxygen atoms in total. The van der Waals surface area contributed by atoms with Gasteiger partial charge < -0.3 is 4.74 Å². The fraction of sp³-hybridized carbons (Fsp3) is 0.407. The van der Waals surface area contributed by atoms with Crippen LogP contribution in [0.4, 0.5) is 16.2 Å². The predicted molar refractivity (Wildman–Crippen MR) is 128 cm³/mol. The number of aryl methyl sites for hydroxylation is 1. The van der Waals surface area contributed by atoms with Crippen LogP contribution in [-0.2, 0) is 24.5 Å². The summed E-state index contributed by atoms with van der Waals surface area (Å²) in [6.07, 6.45) is -0.910. The van der Waals surface area contributed by atoms with E-state index in [1.165, 1.54) is 4.90 Å². The average Bonchev–Trinajstić information content (AvgIpc) is 3.17. The molecule has 4 rings (SSSR count). The normalized spacial score (nSPS) is 22.6. The van der Waals surface area contributed by atoms with Gasteiger partial charge in [0.05, 0.1) is 22.7 Å². The lowest BCUT2D eigenvalue weighted by Crippen LogP contribution is -2.53. The highest BCUT2D eigenvalue weighted by Gasteiger charge is 2.64. The Morgan fingerprint density at radius 1 is 1.06 bits per heavy atom. The van der Waals surface area contributed by atoms with E-state index >= 15 is 0 Å². The Bertz CT molecular complexity index is 1200. The van der Waals surface area contributed by atoms with E-state index in [-0.39, 0.29) is 18.2 Å². The van der Waals surface area contributed by atoms with Crippen molar-refractivity contribution in [3.8, 4) is 0 Å². The third kappa shape index (κ3) is 3.50. The maximum atomic E-state index is 14.1. The molecule has 0 saturated carbocycles. The molecule has 2 heterocycles. The highest BCUT2D eigenvalue weighted by Crippen LogP contribution is 2.54. The molecule has 2 aromatic carbocycles. The molecule has 34 heavy (non-hydrogen) atoms. The van der Waals surface area contributed by atoms with E-state index in [1.807, 2.05) is 26.8 Å². The second-order valence-corrected chi connectivity index (χ2v) is 10.3. The second kappa shape index (κ2) is 8.08. The number of fused-ring (bicyclic) bond motifs is 1. The van der Waals surface area contributed by atoms with E-state index in [0.29, 0.717) is 16.9 Å². The molecule has 0 spiro atoms. The molecule has 2 atom stereocenters. The zero-order valence-corrected chi connectivity index (χ0v) is 20.4. The summed E-state index contributed by atoms with van der Waals surface area (Å²) in [5.74, 6) is -2.63. The van der Waals surface area contributed by atoms with Crippen molar-refractivity contribution in [3.05, 3.63) is 59.7 Å². The minimum Gasteiger partial charge on any atom is -0.443 e. The molecule has 0 N–H and O–H groups in total. The van der Waals surface area contributed by atoms with Gasteiger partial charge in [0.15, 0.2) is 0 Å². The quantitative estimate of drug-likeness (QED) is 0.615. The second-order valence-electron chi connectivity index (χ2n) is 10.3. The summed E-state index contributed by atoms with van der Waals surface area (Å²) < 4.78 is 5.54. The van der Waals surface area contributed by atoms with Gasteiger partial charge >= 0.3 is 6.09 Å². The van der Waals surface area contributed by atoms with Crippen molar-refractivity contribution in [2.24, 2.45) is 11.8 Å². The van der Waals surface area contributed by atoms with Crippen LogP contribution >= 0.6 is 0 Å². The van der Waals surface area contributed by atoms with Crippen molar-refractivity contribution in [3.63, 3.8) is 0 Å². The Balaban J connectivity index is 1.85. The van der Waals surface area contributed by atoms with Crippen LogP contribution in [0.1, 0.15) is 52.2 Å². The number of nitrogens with zero attached hydrogens (tertiary/aromatic N) is 2. The van der Waals surface area contributed by atoms with Crippen LogP contribution in [0.15, 0.2) is 48.5 Å². The smallest absolute Gasteiger partial charge is 0.421 e. The Hall–Kier alpha value is -3.48. The standard InChI is InChI=1S/C27H30N2O5/c1-16(2)27(20-15-22(30)28(23(20)31)18-11-9-10-17(3)14-18)19-12-7-8-13-21(19)29(24(27)32)25(33)34-26(4,5)6/h7-14,16,20H,15H2,1-6H3/t20-,27?/m1/s1. The van der Waals surface area contributed by atoms with Crippen LogP contribution in [0.5, 0.6) is 0 Å². The Morgan fingerprint density at radius 2 is 1.74 bits per heavy atom. The fourth-order valence-electron chi connectivity index (χ4n) is 5.24. The zero-order chi connectivity index (χ0) is 25.0. The molecule has 2 aliphatic rings. The Morgan fingerprint density at radius 3 is 2.35 bits per heavy atom. The number of rotatable bonds is 3. The summed E-state index contributed by atoms with van der Waals surface area (Å²) in [4.78, 5) is 56.4. The maximum absolute atomic E-state index is 14.1. The summed E-state index contributed by atoms with van der Waals surface area (Å²) in [7, 11) is 0. The van der Waals surface area contributed by atoms with E-state index in [4.69, 9.17) is 4.74 Å². The Labute approximate surface area is 199 Å². The number of hydrogen-bond acceptors (Lipinski definition) is 5. The van der Waals surface area contributed by atoms with Gasteiger partial charge in [0.2, 0.25) is 17.7 Å². The van der Waals surface area contributed by atoms with E-state index in [9.17, 15) is 19.2 Å². The van der Waals surface area contributed by atoms with E-state index < -0.39 is 34.8 Å². The SMILES string of the molecule is Cc1cccc(N2C(=O)C[C@@H](C3(C(C)C)C(=O)N(C(=O)OC(C)(C)C)c4ccccc43)C2=O)c1. The first-order valence-corrected chi connectivity index (χ1v) is 11.5. The number of benzene rings is 2. The van der Waals surface area contributed by atoms with Crippen molar-refractivity contribution in [2.45, 2.75) is 59.0 Å². The molecule has 0 bridgehead atoms. The first-order chi connectivity index (χ1) is 15.9. The summed E-state index contributed by atoms with van der Waals surface area (Å²) in [6, 6.07) is 14.1. The van der Waals surface area contributed by atoms with Crippen LogP contribution in [0.25, 0.3) is 0 Å². The lowest BCUT2D eigenvalue weighted by molar-refractivity contribution is -0.133. The average molecular weight is 463 g/mol. The summed E-state index contributed by atoms with van der Waals surface area (Å²) in [5, 5.41) is 0. The van der Waals surface area contributed by atoms with Crippen molar-refractivity contribution < 1.29 is 23.9 Å². The van der Waals surface area contributed by atoms with E-state index in [0.717, 1.165) is 10.5 Å². The van der Waals surface area contributed by atoms with Gasteiger partial charge in [0, 0.05) is 6.42 Å².